The third-order valence-corrected chi connectivity index (χ3v) is 2.30. The van der Waals surface area contributed by atoms with Gasteiger partial charge in [-0.05, 0) is 32.9 Å². The van der Waals surface area contributed by atoms with Crippen molar-refractivity contribution in [2.45, 2.75) is 20.8 Å². The summed E-state index contributed by atoms with van der Waals surface area (Å²) in [7, 11) is 0. The smallest absolute Gasteiger partial charge is 0.312 e. The van der Waals surface area contributed by atoms with E-state index in [2.05, 4.69) is 4.98 Å². The highest BCUT2D eigenvalue weighted by Gasteiger charge is 2.28. The lowest BCUT2D eigenvalue weighted by Crippen LogP contribution is -2.30. The largest absolute Gasteiger partial charge is 0.490 e. The number of pyridine rings is 1. The van der Waals surface area contributed by atoms with Gasteiger partial charge in [0.25, 0.3) is 0 Å². The molecule has 0 saturated heterocycles. The minimum Gasteiger partial charge on any atom is -0.490 e. The summed E-state index contributed by atoms with van der Waals surface area (Å²) < 4.78 is 5.33. The number of carboxylic acid groups (broad SMARTS) is 1. The van der Waals surface area contributed by atoms with Crippen LogP contribution in [0, 0.1) is 12.3 Å². The second-order valence-corrected chi connectivity index (χ2v) is 4.43. The molecule has 0 bridgehead atoms. The summed E-state index contributed by atoms with van der Waals surface area (Å²) in [5, 5.41) is 8.92. The van der Waals surface area contributed by atoms with E-state index in [1.807, 2.05) is 0 Å². The number of ether oxygens (including phenoxy) is 1. The molecule has 1 rings (SSSR count). The minimum absolute atomic E-state index is 0.0199. The highest BCUT2D eigenvalue weighted by atomic mass is 16.5. The SMILES string of the molecule is Cc1ccc(OCC(C)(C)C(=O)O)c(C=O)n1. The van der Waals surface area contributed by atoms with Crippen molar-refractivity contribution < 1.29 is 19.4 Å². The zero-order chi connectivity index (χ0) is 13.1. The number of aldehydes is 1. The number of carboxylic acids is 1. The molecule has 1 N–H and O–H groups in total. The third kappa shape index (κ3) is 3.27. The lowest BCUT2D eigenvalue weighted by molar-refractivity contribution is -0.148. The van der Waals surface area contributed by atoms with Gasteiger partial charge in [-0.25, -0.2) is 4.98 Å². The first-order valence-electron chi connectivity index (χ1n) is 5.16. The van der Waals surface area contributed by atoms with Crippen molar-refractivity contribution in [1.29, 1.82) is 0 Å². The van der Waals surface area contributed by atoms with Gasteiger partial charge >= 0.3 is 5.97 Å². The van der Waals surface area contributed by atoms with Crippen LogP contribution in [0.4, 0.5) is 0 Å². The lowest BCUT2D eigenvalue weighted by atomic mass is 9.95. The second-order valence-electron chi connectivity index (χ2n) is 4.43. The van der Waals surface area contributed by atoms with E-state index in [0.29, 0.717) is 17.7 Å². The maximum Gasteiger partial charge on any atom is 0.312 e. The van der Waals surface area contributed by atoms with Crippen molar-refractivity contribution >= 4 is 12.3 Å². The van der Waals surface area contributed by atoms with Crippen LogP contribution >= 0.6 is 0 Å². The molecule has 0 unspecified atom stereocenters. The van der Waals surface area contributed by atoms with Gasteiger partial charge in [0.2, 0.25) is 0 Å². The molecule has 5 nitrogen and oxygen atoms in total. The summed E-state index contributed by atoms with van der Waals surface area (Å²) in [6.07, 6.45) is 0.593. The van der Waals surface area contributed by atoms with Crippen molar-refractivity contribution in [1.82, 2.24) is 4.98 Å². The van der Waals surface area contributed by atoms with E-state index in [4.69, 9.17) is 9.84 Å². The van der Waals surface area contributed by atoms with E-state index in [0.717, 1.165) is 0 Å². The summed E-state index contributed by atoms with van der Waals surface area (Å²) in [5.74, 6) is -0.648. The standard InChI is InChI=1S/C12H15NO4/c1-8-4-5-10(9(6-14)13-8)17-7-12(2,3)11(15)16/h4-6H,7H2,1-3H3,(H,15,16). The Morgan fingerprint density at radius 3 is 2.71 bits per heavy atom. The highest BCUT2D eigenvalue weighted by Crippen LogP contribution is 2.20. The molecule has 5 heteroatoms. The fourth-order valence-corrected chi connectivity index (χ4v) is 1.09. The van der Waals surface area contributed by atoms with E-state index in [-0.39, 0.29) is 12.3 Å². The maximum absolute atomic E-state index is 10.9. The summed E-state index contributed by atoms with van der Waals surface area (Å²) in [6, 6.07) is 3.32. The Labute approximate surface area is 99.4 Å². The number of hydrogen-bond donors (Lipinski definition) is 1. The van der Waals surface area contributed by atoms with E-state index in [9.17, 15) is 9.59 Å². The van der Waals surface area contributed by atoms with Gasteiger partial charge in [0, 0.05) is 5.69 Å². The van der Waals surface area contributed by atoms with Crippen LogP contribution in [0.25, 0.3) is 0 Å². The molecule has 92 valence electrons. The first-order chi connectivity index (χ1) is 7.86. The number of hydrogen-bond acceptors (Lipinski definition) is 4. The molecule has 1 heterocycles. The summed E-state index contributed by atoms with van der Waals surface area (Å²) in [4.78, 5) is 25.7. The van der Waals surface area contributed by atoms with Gasteiger partial charge in [0.1, 0.15) is 18.1 Å². The first kappa shape index (κ1) is 13.2. The third-order valence-electron chi connectivity index (χ3n) is 2.30. The molecule has 1 aromatic heterocycles. The quantitative estimate of drug-likeness (QED) is 0.788. The van der Waals surface area contributed by atoms with Crippen molar-refractivity contribution in [2.75, 3.05) is 6.61 Å². The molecule has 1 aromatic rings. The Kier molecular flexibility index (Phi) is 3.83. The van der Waals surface area contributed by atoms with Gasteiger partial charge in [-0.1, -0.05) is 0 Å². The van der Waals surface area contributed by atoms with Crippen LogP contribution in [-0.4, -0.2) is 29.0 Å². The van der Waals surface area contributed by atoms with Crippen molar-refractivity contribution in [3.8, 4) is 5.75 Å². The van der Waals surface area contributed by atoms with Crippen molar-refractivity contribution in [2.24, 2.45) is 5.41 Å². The predicted octanol–water partition coefficient (Wildman–Crippen LogP) is 1.69. The molecule has 0 amide bonds. The first-order valence-corrected chi connectivity index (χ1v) is 5.16. The second kappa shape index (κ2) is 4.95. The Balaban J connectivity index is 2.83. The van der Waals surface area contributed by atoms with Crippen LogP contribution in [0.3, 0.4) is 0 Å². The van der Waals surface area contributed by atoms with Crippen LogP contribution in [-0.2, 0) is 4.79 Å². The van der Waals surface area contributed by atoms with E-state index < -0.39 is 11.4 Å². The number of aromatic nitrogens is 1. The van der Waals surface area contributed by atoms with E-state index in [1.165, 1.54) is 0 Å². The molecular weight excluding hydrogens is 222 g/mol. The minimum atomic E-state index is -1.01. The molecule has 0 aliphatic rings. The van der Waals surface area contributed by atoms with Crippen LogP contribution in [0.5, 0.6) is 5.75 Å². The van der Waals surface area contributed by atoms with Crippen LogP contribution in [0.2, 0.25) is 0 Å². The Hall–Kier alpha value is -1.91. The number of carbonyl (C=O) groups is 2. The number of aryl methyl sites for hydroxylation is 1. The fraction of sp³-hybridized carbons (Fsp3) is 0.417. The van der Waals surface area contributed by atoms with Gasteiger partial charge in [-0.15, -0.1) is 0 Å². The van der Waals surface area contributed by atoms with Crippen molar-refractivity contribution in [3.63, 3.8) is 0 Å². The van der Waals surface area contributed by atoms with E-state index in [1.54, 1.807) is 32.9 Å². The number of aliphatic carboxylic acids is 1. The Morgan fingerprint density at radius 2 is 2.18 bits per heavy atom. The van der Waals surface area contributed by atoms with Gasteiger partial charge in [0.15, 0.2) is 6.29 Å². The monoisotopic (exact) mass is 237 g/mol. The van der Waals surface area contributed by atoms with Gasteiger partial charge < -0.3 is 9.84 Å². The number of rotatable bonds is 5. The van der Waals surface area contributed by atoms with Crippen LogP contribution in [0.15, 0.2) is 12.1 Å². The summed E-state index contributed by atoms with van der Waals surface area (Å²) in [6.45, 7) is 4.85. The average molecular weight is 237 g/mol. The molecule has 17 heavy (non-hydrogen) atoms. The average Bonchev–Trinajstić information content (AvgIpc) is 2.27. The lowest BCUT2D eigenvalue weighted by Gasteiger charge is -2.19. The van der Waals surface area contributed by atoms with Gasteiger partial charge in [-0.3, -0.25) is 9.59 Å². The Bertz CT molecular complexity index is 440. The highest BCUT2D eigenvalue weighted by molar-refractivity contribution is 5.76. The zero-order valence-corrected chi connectivity index (χ0v) is 10.1. The number of nitrogens with zero attached hydrogens (tertiary/aromatic N) is 1. The molecule has 0 saturated carbocycles. The Morgan fingerprint density at radius 1 is 1.53 bits per heavy atom. The van der Waals surface area contributed by atoms with Crippen LogP contribution in [0.1, 0.15) is 30.0 Å². The van der Waals surface area contributed by atoms with Crippen LogP contribution < -0.4 is 4.74 Å². The molecule has 0 aliphatic heterocycles. The molecular formula is C12H15NO4. The number of carbonyl (C=O) groups excluding carboxylic acids is 1. The molecule has 0 atom stereocenters. The normalized spacial score (nSPS) is 11.0. The van der Waals surface area contributed by atoms with E-state index >= 15 is 0 Å². The predicted molar refractivity (Wildman–Crippen MR) is 61.3 cm³/mol. The maximum atomic E-state index is 10.9. The molecule has 0 fully saturated rings. The summed E-state index contributed by atoms with van der Waals surface area (Å²) >= 11 is 0. The summed E-state index contributed by atoms with van der Waals surface area (Å²) in [5.41, 5.74) is -0.117. The van der Waals surface area contributed by atoms with Gasteiger partial charge in [0.05, 0.1) is 5.41 Å². The molecule has 0 aliphatic carbocycles. The topological polar surface area (TPSA) is 76.5 Å². The van der Waals surface area contributed by atoms with Gasteiger partial charge in [-0.2, -0.15) is 0 Å². The molecule has 0 spiro atoms. The van der Waals surface area contributed by atoms with Crippen molar-refractivity contribution in [3.05, 3.63) is 23.5 Å². The molecule has 0 aromatic carbocycles. The zero-order valence-electron chi connectivity index (χ0n) is 10.1. The molecule has 0 radical (unpaired) electrons. The fourth-order valence-electron chi connectivity index (χ4n) is 1.09.